The maximum absolute atomic E-state index is 11.3. The molecule has 134 valence electrons. The lowest BCUT2D eigenvalue weighted by Gasteiger charge is -2.13. The molecule has 0 bridgehead atoms. The summed E-state index contributed by atoms with van der Waals surface area (Å²) in [4.78, 5) is 4.06. The summed E-state index contributed by atoms with van der Waals surface area (Å²) in [6.45, 7) is 5.03. The molecular formula is C17H21N3O4S. The largest absolute Gasteiger partial charge is 0.494 e. The minimum absolute atomic E-state index is 0.0204. The van der Waals surface area contributed by atoms with Crippen LogP contribution in [0.5, 0.6) is 11.5 Å². The number of rotatable bonds is 6. The standard InChI is InChI=1S/C17H21N3O4S/c1-3-23-15-7-12-6-11(2)24-16(12)8-13(15)9-19-17-5-4-14(10-20-17)25(18,21)22/h4-5,7-8,10-11H,3,6,9H2,1-2H3,(H,19,20)(H2,18,21,22)/t11-/m1/s1. The van der Waals surface area contributed by atoms with Crippen LogP contribution in [0.3, 0.4) is 0 Å². The number of nitrogens with two attached hydrogens (primary N) is 1. The lowest BCUT2D eigenvalue weighted by Crippen LogP contribution is -2.12. The van der Waals surface area contributed by atoms with Crippen molar-refractivity contribution < 1.29 is 17.9 Å². The summed E-state index contributed by atoms with van der Waals surface area (Å²) >= 11 is 0. The lowest BCUT2D eigenvalue weighted by molar-refractivity contribution is 0.254. The molecule has 0 fully saturated rings. The Kier molecular flexibility index (Phi) is 4.82. The van der Waals surface area contributed by atoms with Gasteiger partial charge in [0.25, 0.3) is 0 Å². The number of ether oxygens (including phenoxy) is 2. The van der Waals surface area contributed by atoms with E-state index < -0.39 is 10.0 Å². The molecule has 0 amide bonds. The summed E-state index contributed by atoms with van der Waals surface area (Å²) in [6, 6.07) is 7.00. The van der Waals surface area contributed by atoms with Crippen LogP contribution in [-0.2, 0) is 23.0 Å². The maximum Gasteiger partial charge on any atom is 0.239 e. The molecule has 1 aliphatic rings. The molecule has 3 N–H and O–H groups in total. The van der Waals surface area contributed by atoms with Gasteiger partial charge in [-0.05, 0) is 38.1 Å². The van der Waals surface area contributed by atoms with Gasteiger partial charge in [-0.25, -0.2) is 18.5 Å². The van der Waals surface area contributed by atoms with Crippen LogP contribution in [0.15, 0.2) is 35.4 Å². The van der Waals surface area contributed by atoms with Crippen molar-refractivity contribution in [2.45, 2.75) is 37.8 Å². The van der Waals surface area contributed by atoms with Crippen molar-refractivity contribution in [3.8, 4) is 11.5 Å². The Morgan fingerprint density at radius 3 is 2.84 bits per heavy atom. The van der Waals surface area contributed by atoms with E-state index in [9.17, 15) is 8.42 Å². The number of hydrogen-bond acceptors (Lipinski definition) is 6. The number of pyridine rings is 1. The molecule has 0 spiro atoms. The Morgan fingerprint density at radius 2 is 2.20 bits per heavy atom. The van der Waals surface area contributed by atoms with Crippen LogP contribution in [0.1, 0.15) is 25.0 Å². The molecule has 25 heavy (non-hydrogen) atoms. The minimum atomic E-state index is -3.74. The lowest BCUT2D eigenvalue weighted by atomic mass is 10.1. The number of benzene rings is 1. The van der Waals surface area contributed by atoms with Gasteiger partial charge in [0.2, 0.25) is 10.0 Å². The molecule has 0 saturated heterocycles. The van der Waals surface area contributed by atoms with E-state index in [-0.39, 0.29) is 11.0 Å². The molecule has 1 aliphatic heterocycles. The molecule has 1 aromatic carbocycles. The fraction of sp³-hybridized carbons (Fsp3) is 0.353. The Morgan fingerprint density at radius 1 is 1.40 bits per heavy atom. The van der Waals surface area contributed by atoms with E-state index in [1.807, 2.05) is 26.0 Å². The first-order chi connectivity index (χ1) is 11.9. The van der Waals surface area contributed by atoms with E-state index in [4.69, 9.17) is 14.6 Å². The highest BCUT2D eigenvalue weighted by Crippen LogP contribution is 2.35. The van der Waals surface area contributed by atoms with Crippen LogP contribution in [0, 0.1) is 0 Å². The van der Waals surface area contributed by atoms with Crippen molar-refractivity contribution in [1.82, 2.24) is 4.98 Å². The Hall–Kier alpha value is -2.32. The second-order valence-electron chi connectivity index (χ2n) is 5.91. The summed E-state index contributed by atoms with van der Waals surface area (Å²) in [6.07, 6.45) is 2.27. The first-order valence-corrected chi connectivity index (χ1v) is 9.59. The molecule has 0 saturated carbocycles. The second-order valence-corrected chi connectivity index (χ2v) is 7.47. The highest BCUT2D eigenvalue weighted by Gasteiger charge is 2.21. The predicted octanol–water partition coefficient (Wildman–Crippen LogP) is 2.06. The Labute approximate surface area is 147 Å². The maximum atomic E-state index is 11.3. The van der Waals surface area contributed by atoms with Gasteiger partial charge in [-0.15, -0.1) is 0 Å². The second kappa shape index (κ2) is 6.89. The van der Waals surface area contributed by atoms with Gasteiger partial charge in [-0.1, -0.05) is 0 Å². The number of sulfonamides is 1. The monoisotopic (exact) mass is 363 g/mol. The number of hydrogen-bond donors (Lipinski definition) is 2. The average molecular weight is 363 g/mol. The van der Waals surface area contributed by atoms with E-state index in [0.29, 0.717) is 19.0 Å². The van der Waals surface area contributed by atoms with Crippen molar-refractivity contribution in [1.29, 1.82) is 0 Å². The normalized spacial score (nSPS) is 16.2. The zero-order valence-corrected chi connectivity index (χ0v) is 15.0. The van der Waals surface area contributed by atoms with Gasteiger partial charge < -0.3 is 14.8 Å². The highest BCUT2D eigenvalue weighted by atomic mass is 32.2. The van der Waals surface area contributed by atoms with Crippen LogP contribution in [0.2, 0.25) is 0 Å². The number of nitrogens with zero attached hydrogens (tertiary/aromatic N) is 1. The fourth-order valence-corrected chi connectivity index (χ4v) is 3.21. The number of aromatic nitrogens is 1. The number of nitrogens with one attached hydrogen (secondary N) is 1. The van der Waals surface area contributed by atoms with Gasteiger partial charge in [0.05, 0.1) is 6.61 Å². The van der Waals surface area contributed by atoms with Crippen LogP contribution < -0.4 is 19.9 Å². The molecule has 8 heteroatoms. The number of primary sulfonamides is 1. The van der Waals surface area contributed by atoms with E-state index in [2.05, 4.69) is 10.3 Å². The number of anilines is 1. The van der Waals surface area contributed by atoms with E-state index in [1.165, 1.54) is 12.3 Å². The summed E-state index contributed by atoms with van der Waals surface area (Å²) in [7, 11) is -3.74. The van der Waals surface area contributed by atoms with Gasteiger partial charge in [-0.2, -0.15) is 0 Å². The van der Waals surface area contributed by atoms with Crippen LogP contribution in [0.4, 0.5) is 5.82 Å². The Balaban J connectivity index is 1.77. The molecule has 3 rings (SSSR count). The fourth-order valence-electron chi connectivity index (χ4n) is 2.75. The van der Waals surface area contributed by atoms with Crippen molar-refractivity contribution >= 4 is 15.8 Å². The van der Waals surface area contributed by atoms with Crippen LogP contribution >= 0.6 is 0 Å². The SMILES string of the molecule is CCOc1cc2c(cc1CNc1ccc(S(N)(=O)=O)cn1)O[C@H](C)C2. The summed E-state index contributed by atoms with van der Waals surface area (Å²) in [5, 5.41) is 8.23. The minimum Gasteiger partial charge on any atom is -0.494 e. The Bertz CT molecular complexity index is 866. The van der Waals surface area contributed by atoms with Crippen molar-refractivity contribution in [3.05, 3.63) is 41.6 Å². The third kappa shape index (κ3) is 4.02. The van der Waals surface area contributed by atoms with Crippen LogP contribution in [-0.4, -0.2) is 26.1 Å². The molecule has 1 atom stereocenters. The van der Waals surface area contributed by atoms with Crippen molar-refractivity contribution in [2.24, 2.45) is 5.14 Å². The van der Waals surface area contributed by atoms with Gasteiger partial charge in [0, 0.05) is 30.3 Å². The molecular weight excluding hydrogens is 342 g/mol. The first-order valence-electron chi connectivity index (χ1n) is 8.05. The van der Waals surface area contributed by atoms with E-state index in [0.717, 1.165) is 29.0 Å². The van der Waals surface area contributed by atoms with Gasteiger partial charge in [0.1, 0.15) is 28.3 Å². The smallest absolute Gasteiger partial charge is 0.239 e. The van der Waals surface area contributed by atoms with Crippen molar-refractivity contribution in [3.63, 3.8) is 0 Å². The first kappa shape index (κ1) is 17.5. The predicted molar refractivity (Wildman–Crippen MR) is 94.3 cm³/mol. The third-order valence-corrected chi connectivity index (χ3v) is 4.80. The van der Waals surface area contributed by atoms with Gasteiger partial charge in [0.15, 0.2) is 0 Å². The molecule has 2 aromatic rings. The zero-order chi connectivity index (χ0) is 18.0. The zero-order valence-electron chi connectivity index (χ0n) is 14.2. The summed E-state index contributed by atoms with van der Waals surface area (Å²) in [5.74, 6) is 2.24. The molecule has 0 unspecified atom stereocenters. The molecule has 7 nitrogen and oxygen atoms in total. The van der Waals surface area contributed by atoms with Gasteiger partial charge >= 0.3 is 0 Å². The topological polar surface area (TPSA) is 104 Å². The number of fused-ring (bicyclic) bond motifs is 1. The molecule has 1 aromatic heterocycles. The van der Waals surface area contributed by atoms with Crippen molar-refractivity contribution in [2.75, 3.05) is 11.9 Å². The summed E-state index contributed by atoms with van der Waals surface area (Å²) in [5.41, 5.74) is 2.10. The molecule has 2 heterocycles. The third-order valence-electron chi connectivity index (χ3n) is 3.90. The van der Waals surface area contributed by atoms with E-state index >= 15 is 0 Å². The van der Waals surface area contributed by atoms with Gasteiger partial charge in [-0.3, -0.25) is 0 Å². The molecule has 0 radical (unpaired) electrons. The van der Waals surface area contributed by atoms with E-state index in [1.54, 1.807) is 6.07 Å². The highest BCUT2D eigenvalue weighted by molar-refractivity contribution is 7.89. The summed E-state index contributed by atoms with van der Waals surface area (Å²) < 4.78 is 34.1. The quantitative estimate of drug-likeness (QED) is 0.814. The average Bonchev–Trinajstić information content (AvgIpc) is 2.91. The molecule has 0 aliphatic carbocycles. The van der Waals surface area contributed by atoms with Crippen LogP contribution in [0.25, 0.3) is 0 Å².